The summed E-state index contributed by atoms with van der Waals surface area (Å²) in [5.41, 5.74) is 6.74. The predicted octanol–water partition coefficient (Wildman–Crippen LogP) is 1.73. The van der Waals surface area contributed by atoms with E-state index in [2.05, 4.69) is 5.32 Å². The molecule has 0 aliphatic carbocycles. The number of esters is 1. The largest absolute Gasteiger partial charge is 0.492 e. The topological polar surface area (TPSA) is 111 Å². The lowest BCUT2D eigenvalue weighted by molar-refractivity contribution is -0.144. The first-order valence-corrected chi connectivity index (χ1v) is 9.07. The highest BCUT2D eigenvalue weighted by Gasteiger charge is 2.17. The number of benzene rings is 1. The van der Waals surface area contributed by atoms with Crippen LogP contribution in [0.15, 0.2) is 24.3 Å². The molecular formula is C19H30N2O5. The van der Waals surface area contributed by atoms with E-state index in [4.69, 9.17) is 20.3 Å². The van der Waals surface area contributed by atoms with E-state index in [1.807, 2.05) is 24.3 Å². The van der Waals surface area contributed by atoms with Crippen molar-refractivity contribution in [3.8, 4) is 5.75 Å². The molecule has 0 radical (unpaired) electrons. The predicted molar refractivity (Wildman–Crippen MR) is 99.2 cm³/mol. The number of rotatable bonds is 14. The van der Waals surface area contributed by atoms with Gasteiger partial charge in [0.15, 0.2) is 0 Å². The number of nitrogens with one attached hydrogen (secondary N) is 1. The molecule has 0 fully saturated rings. The van der Waals surface area contributed by atoms with Crippen LogP contribution in [0.3, 0.4) is 0 Å². The van der Waals surface area contributed by atoms with E-state index >= 15 is 0 Å². The number of ether oxygens (including phenoxy) is 2. The van der Waals surface area contributed by atoms with Crippen molar-refractivity contribution >= 4 is 11.9 Å². The Morgan fingerprint density at radius 2 is 1.92 bits per heavy atom. The van der Waals surface area contributed by atoms with Crippen LogP contribution in [0, 0.1) is 0 Å². The Morgan fingerprint density at radius 1 is 1.19 bits per heavy atom. The van der Waals surface area contributed by atoms with Gasteiger partial charge in [-0.2, -0.15) is 0 Å². The summed E-state index contributed by atoms with van der Waals surface area (Å²) in [6.45, 7) is 3.53. The molecule has 0 aliphatic heterocycles. The summed E-state index contributed by atoms with van der Waals surface area (Å²) in [4.78, 5) is 22.4. The summed E-state index contributed by atoms with van der Waals surface area (Å²) in [7, 11) is 0. The Balaban J connectivity index is 2.33. The van der Waals surface area contributed by atoms with Crippen LogP contribution in [-0.4, -0.2) is 49.4 Å². The highest BCUT2D eigenvalue weighted by atomic mass is 16.5. The SMILES string of the molecule is CCOC(=O)CC(CC(=O)O)NCCOc1ccc(CCCCN)cc1. The molecule has 7 heteroatoms. The lowest BCUT2D eigenvalue weighted by Crippen LogP contribution is -2.36. The first-order chi connectivity index (χ1) is 12.5. The Kier molecular flexibility index (Phi) is 11.1. The van der Waals surface area contributed by atoms with Crippen molar-refractivity contribution in [2.24, 2.45) is 5.73 Å². The number of nitrogens with two attached hydrogens (primary N) is 1. The molecule has 0 heterocycles. The molecule has 4 N–H and O–H groups in total. The summed E-state index contributed by atoms with van der Waals surface area (Å²) in [6, 6.07) is 7.44. The van der Waals surface area contributed by atoms with E-state index in [0.29, 0.717) is 19.7 Å². The van der Waals surface area contributed by atoms with Crippen molar-refractivity contribution in [2.45, 2.75) is 45.1 Å². The van der Waals surface area contributed by atoms with Gasteiger partial charge < -0.3 is 25.6 Å². The quantitative estimate of drug-likeness (QED) is 0.340. The average Bonchev–Trinajstić information content (AvgIpc) is 2.60. The van der Waals surface area contributed by atoms with Gasteiger partial charge in [0.25, 0.3) is 0 Å². The molecule has 0 aromatic heterocycles. The summed E-state index contributed by atoms with van der Waals surface area (Å²) in [5.74, 6) is -0.607. The highest BCUT2D eigenvalue weighted by molar-refractivity contribution is 5.73. The van der Waals surface area contributed by atoms with Crippen molar-refractivity contribution in [3.05, 3.63) is 29.8 Å². The van der Waals surface area contributed by atoms with Gasteiger partial charge in [-0.05, 0) is 50.4 Å². The fourth-order valence-electron chi connectivity index (χ4n) is 2.51. The first kappa shape index (κ1) is 21.9. The van der Waals surface area contributed by atoms with Crippen molar-refractivity contribution < 1.29 is 24.2 Å². The van der Waals surface area contributed by atoms with Crippen molar-refractivity contribution in [1.82, 2.24) is 5.32 Å². The molecule has 0 amide bonds. The maximum Gasteiger partial charge on any atom is 0.307 e. The molecule has 7 nitrogen and oxygen atoms in total. The van der Waals surface area contributed by atoms with E-state index in [1.165, 1.54) is 5.56 Å². The maximum atomic E-state index is 11.5. The third-order valence-electron chi connectivity index (χ3n) is 3.79. The van der Waals surface area contributed by atoms with Crippen LogP contribution >= 0.6 is 0 Å². The fourth-order valence-corrected chi connectivity index (χ4v) is 2.51. The number of carbonyl (C=O) groups excluding carboxylic acids is 1. The second kappa shape index (κ2) is 13.1. The minimum Gasteiger partial charge on any atom is -0.492 e. The number of carboxylic acids is 1. The van der Waals surface area contributed by atoms with E-state index in [-0.39, 0.29) is 19.4 Å². The van der Waals surface area contributed by atoms with Crippen LogP contribution in [0.1, 0.15) is 38.2 Å². The summed E-state index contributed by atoms with van der Waals surface area (Å²) < 4.78 is 10.5. The molecule has 1 rings (SSSR count). The average molecular weight is 366 g/mol. The second-order valence-electron chi connectivity index (χ2n) is 6.00. The fraction of sp³-hybridized carbons (Fsp3) is 0.579. The molecule has 26 heavy (non-hydrogen) atoms. The van der Waals surface area contributed by atoms with Gasteiger partial charge in [0.2, 0.25) is 0 Å². The molecule has 0 spiro atoms. The molecule has 1 aromatic carbocycles. The number of aliphatic carboxylic acids is 1. The van der Waals surface area contributed by atoms with Crippen molar-refractivity contribution in [2.75, 3.05) is 26.3 Å². The molecule has 0 saturated heterocycles. The maximum absolute atomic E-state index is 11.5. The molecule has 0 bridgehead atoms. The van der Waals surface area contributed by atoms with Crippen molar-refractivity contribution in [3.63, 3.8) is 0 Å². The number of hydrogen-bond donors (Lipinski definition) is 3. The Labute approximate surface area is 154 Å². The molecular weight excluding hydrogens is 336 g/mol. The standard InChI is InChI=1S/C19H30N2O5/c1-2-25-19(24)14-16(13-18(22)23)21-11-12-26-17-8-6-15(7-9-17)5-3-4-10-20/h6-9,16,21H,2-5,10-14,20H2,1H3,(H,22,23). The van der Waals surface area contributed by atoms with Gasteiger partial charge in [0, 0.05) is 12.6 Å². The molecule has 146 valence electrons. The number of unbranched alkanes of at least 4 members (excludes halogenated alkanes) is 1. The number of carbonyl (C=O) groups is 2. The monoisotopic (exact) mass is 366 g/mol. The van der Waals surface area contributed by atoms with Crippen LogP contribution in [0.2, 0.25) is 0 Å². The Morgan fingerprint density at radius 3 is 2.54 bits per heavy atom. The van der Waals surface area contributed by atoms with Gasteiger partial charge in [-0.3, -0.25) is 9.59 Å². The van der Waals surface area contributed by atoms with Crippen molar-refractivity contribution in [1.29, 1.82) is 0 Å². The van der Waals surface area contributed by atoms with E-state index in [9.17, 15) is 9.59 Å². The van der Waals surface area contributed by atoms with E-state index < -0.39 is 18.0 Å². The van der Waals surface area contributed by atoms with E-state index in [0.717, 1.165) is 25.0 Å². The zero-order valence-corrected chi connectivity index (χ0v) is 15.4. The van der Waals surface area contributed by atoms with Gasteiger partial charge in [-0.25, -0.2) is 0 Å². The third kappa shape index (κ3) is 10.0. The van der Waals surface area contributed by atoms with Gasteiger partial charge >= 0.3 is 11.9 Å². The highest BCUT2D eigenvalue weighted by Crippen LogP contribution is 2.13. The van der Waals surface area contributed by atoms with Crippen LogP contribution in [0.25, 0.3) is 0 Å². The lowest BCUT2D eigenvalue weighted by atomic mass is 10.1. The minimum absolute atomic E-state index is 0.0254. The molecule has 0 saturated carbocycles. The smallest absolute Gasteiger partial charge is 0.307 e. The van der Waals surface area contributed by atoms with Crippen LogP contribution in [0.4, 0.5) is 0 Å². The van der Waals surface area contributed by atoms with Gasteiger partial charge in [0.05, 0.1) is 19.4 Å². The lowest BCUT2D eigenvalue weighted by Gasteiger charge is -2.16. The number of carboxylic acid groups (broad SMARTS) is 1. The molecule has 1 atom stereocenters. The molecule has 1 unspecified atom stereocenters. The van der Waals surface area contributed by atoms with Crippen LogP contribution in [-0.2, 0) is 20.7 Å². The Bertz CT molecular complexity index is 533. The number of hydrogen-bond acceptors (Lipinski definition) is 6. The summed E-state index contributed by atoms with van der Waals surface area (Å²) in [6.07, 6.45) is 2.98. The van der Waals surface area contributed by atoms with Gasteiger partial charge in [0.1, 0.15) is 12.4 Å². The van der Waals surface area contributed by atoms with Gasteiger partial charge in [-0.15, -0.1) is 0 Å². The van der Waals surface area contributed by atoms with Gasteiger partial charge in [-0.1, -0.05) is 12.1 Å². The van der Waals surface area contributed by atoms with E-state index in [1.54, 1.807) is 6.92 Å². The summed E-state index contributed by atoms with van der Waals surface area (Å²) in [5, 5.41) is 12.0. The van der Waals surface area contributed by atoms with Crippen LogP contribution in [0.5, 0.6) is 5.75 Å². The molecule has 0 aliphatic rings. The first-order valence-electron chi connectivity index (χ1n) is 9.07. The normalized spacial score (nSPS) is 11.8. The molecule has 1 aromatic rings. The minimum atomic E-state index is -0.960. The second-order valence-corrected chi connectivity index (χ2v) is 6.00. The third-order valence-corrected chi connectivity index (χ3v) is 3.79. The zero-order valence-electron chi connectivity index (χ0n) is 15.4. The Hall–Kier alpha value is -2.12. The van der Waals surface area contributed by atoms with Crippen LogP contribution < -0.4 is 15.8 Å². The summed E-state index contributed by atoms with van der Waals surface area (Å²) >= 11 is 0. The number of aryl methyl sites for hydroxylation is 1. The zero-order chi connectivity index (χ0) is 19.2.